The standard InChI is InChI=1S/C42H42N2O8/c1-23-8-13-28(24(2)17-23)39-48-22-41(4)31-19-33(50-37(46)26-11-9-25(20-43)10-12-26)42(5)36(40(31,3)15-14-32(41)51-39)35(45)34-30(52-42)18-29(49-38(34)47)27-7-6-16-44-21-27/h6-13,16-18,21,31-33,35-36,39,45H,14-15,19,22H2,1-5H3/t31?,32-,33-,35?,36?,39+,40-,41-,42+/m0/s1. The number of carbonyl (C=O) groups is 1. The average Bonchev–Trinajstić information content (AvgIpc) is 3.12. The van der Waals surface area contributed by atoms with Crippen LogP contribution in [0, 0.1) is 47.8 Å². The van der Waals surface area contributed by atoms with Gasteiger partial charge in [-0.2, -0.15) is 5.26 Å². The fraction of sp³-hybridized carbons (Fsp3) is 0.429. The molecule has 0 amide bonds. The molecule has 9 atom stereocenters. The summed E-state index contributed by atoms with van der Waals surface area (Å²) >= 11 is 0. The number of nitriles is 1. The van der Waals surface area contributed by atoms with Gasteiger partial charge in [-0.25, -0.2) is 9.59 Å². The lowest BCUT2D eigenvalue weighted by Gasteiger charge is -2.67. The molecule has 52 heavy (non-hydrogen) atoms. The third-order valence-corrected chi connectivity index (χ3v) is 12.5. The highest BCUT2D eigenvalue weighted by Gasteiger charge is 2.71. The molecule has 0 bridgehead atoms. The van der Waals surface area contributed by atoms with Crippen LogP contribution in [0.3, 0.4) is 0 Å². The summed E-state index contributed by atoms with van der Waals surface area (Å²) in [5.41, 5.74) is 1.54. The second kappa shape index (κ2) is 12.4. The first-order valence-corrected chi connectivity index (χ1v) is 17.9. The van der Waals surface area contributed by atoms with Gasteiger partial charge in [-0.05, 0) is 93.3 Å². The molecule has 0 radical (unpaired) electrons. The molecule has 2 aromatic heterocycles. The molecule has 10 nitrogen and oxygen atoms in total. The van der Waals surface area contributed by atoms with E-state index >= 15 is 0 Å². The molecule has 2 saturated carbocycles. The number of fused-ring (bicyclic) bond motifs is 6. The predicted molar refractivity (Wildman–Crippen MR) is 189 cm³/mol. The summed E-state index contributed by atoms with van der Waals surface area (Å²) in [4.78, 5) is 31.8. The monoisotopic (exact) mass is 702 g/mol. The fourth-order valence-electron chi connectivity index (χ4n) is 9.98. The Kier molecular flexibility index (Phi) is 8.18. The Morgan fingerprint density at radius 2 is 1.85 bits per heavy atom. The van der Waals surface area contributed by atoms with E-state index in [2.05, 4.69) is 56.9 Å². The summed E-state index contributed by atoms with van der Waals surface area (Å²) in [5, 5.41) is 21.7. The van der Waals surface area contributed by atoms with Gasteiger partial charge in [-0.1, -0.05) is 37.6 Å². The van der Waals surface area contributed by atoms with Gasteiger partial charge in [0.1, 0.15) is 28.8 Å². The molecule has 4 aromatic rings. The van der Waals surface area contributed by atoms with Crippen LogP contribution < -0.4 is 10.4 Å². The van der Waals surface area contributed by atoms with Gasteiger partial charge in [0, 0.05) is 40.9 Å². The highest BCUT2D eigenvalue weighted by atomic mass is 16.7. The maximum absolute atomic E-state index is 13.9. The Morgan fingerprint density at radius 3 is 2.56 bits per heavy atom. The van der Waals surface area contributed by atoms with Crippen LogP contribution in [0.5, 0.6) is 5.75 Å². The molecule has 10 heteroatoms. The molecule has 268 valence electrons. The summed E-state index contributed by atoms with van der Waals surface area (Å²) in [6.07, 6.45) is 2.15. The van der Waals surface area contributed by atoms with E-state index in [0.29, 0.717) is 37.0 Å². The minimum Gasteiger partial charge on any atom is -0.482 e. The minimum absolute atomic E-state index is 0.0486. The fourth-order valence-corrected chi connectivity index (χ4v) is 9.98. The maximum Gasteiger partial charge on any atom is 0.345 e. The Bertz CT molecular complexity index is 2140. The molecular weight excluding hydrogens is 660 g/mol. The SMILES string of the molecule is Cc1ccc([C@@H]2OC[C@@]3(C)C4C[C@H](OC(=O)c5ccc(C#N)cc5)[C@@]5(C)Oc6cc(-c7cccnc7)oc(=O)c6C(O)C5[C@@]4(C)CC[C@@H]3O2)c(C)c1. The molecule has 3 fully saturated rings. The highest BCUT2D eigenvalue weighted by Crippen LogP contribution is 2.68. The van der Waals surface area contributed by atoms with Crippen molar-refractivity contribution in [1.29, 1.82) is 5.26 Å². The minimum atomic E-state index is -1.29. The summed E-state index contributed by atoms with van der Waals surface area (Å²) in [5.74, 6) is -0.985. The van der Waals surface area contributed by atoms with Gasteiger partial charge in [0.05, 0.1) is 36.0 Å². The summed E-state index contributed by atoms with van der Waals surface area (Å²) in [6, 6.07) is 19.7. The van der Waals surface area contributed by atoms with E-state index in [1.165, 1.54) is 5.56 Å². The van der Waals surface area contributed by atoms with Crippen LogP contribution in [0.2, 0.25) is 0 Å². The zero-order chi connectivity index (χ0) is 36.6. The molecule has 1 saturated heterocycles. The van der Waals surface area contributed by atoms with E-state index in [1.54, 1.807) is 54.9 Å². The zero-order valence-corrected chi connectivity index (χ0v) is 29.9. The number of aliphatic hydroxyl groups excluding tert-OH is 1. The number of nitrogens with zero attached hydrogens (tertiary/aromatic N) is 2. The molecule has 4 aliphatic rings. The van der Waals surface area contributed by atoms with E-state index < -0.39 is 52.4 Å². The van der Waals surface area contributed by atoms with Crippen LogP contribution >= 0.6 is 0 Å². The number of rotatable bonds is 4. The number of benzene rings is 2. The Balaban J connectivity index is 1.20. The first-order chi connectivity index (χ1) is 24.9. The lowest BCUT2D eigenvalue weighted by atomic mass is 9.42. The normalized spacial score (nSPS) is 33.2. The van der Waals surface area contributed by atoms with Crippen molar-refractivity contribution in [3.63, 3.8) is 0 Å². The molecule has 3 unspecified atom stereocenters. The van der Waals surface area contributed by atoms with Crippen LogP contribution in [0.25, 0.3) is 11.3 Å². The molecule has 8 rings (SSSR count). The van der Waals surface area contributed by atoms with Crippen LogP contribution in [0.4, 0.5) is 0 Å². The topological polar surface area (TPSA) is 141 Å². The zero-order valence-electron chi connectivity index (χ0n) is 29.9. The number of aromatic nitrogens is 1. The van der Waals surface area contributed by atoms with E-state index in [4.69, 9.17) is 23.4 Å². The largest absolute Gasteiger partial charge is 0.482 e. The lowest BCUT2D eigenvalue weighted by Crippen LogP contribution is -2.72. The Morgan fingerprint density at radius 1 is 1.06 bits per heavy atom. The maximum atomic E-state index is 13.9. The van der Waals surface area contributed by atoms with Crippen molar-refractivity contribution in [2.45, 2.75) is 84.1 Å². The summed E-state index contributed by atoms with van der Waals surface area (Å²) in [7, 11) is 0. The third kappa shape index (κ3) is 5.28. The van der Waals surface area contributed by atoms with E-state index in [-0.39, 0.29) is 34.7 Å². The van der Waals surface area contributed by atoms with Crippen molar-refractivity contribution in [2.75, 3.05) is 6.61 Å². The first kappa shape index (κ1) is 34.3. The van der Waals surface area contributed by atoms with Crippen LogP contribution in [0.1, 0.15) is 90.6 Å². The number of esters is 1. The molecule has 2 aromatic carbocycles. The van der Waals surface area contributed by atoms with Gasteiger partial charge in [-0.3, -0.25) is 4.98 Å². The van der Waals surface area contributed by atoms with Gasteiger partial charge < -0.3 is 28.5 Å². The number of carbonyl (C=O) groups excluding carboxylic acids is 1. The number of hydrogen-bond acceptors (Lipinski definition) is 10. The van der Waals surface area contributed by atoms with Crippen molar-refractivity contribution in [3.05, 3.63) is 117 Å². The predicted octanol–water partition coefficient (Wildman–Crippen LogP) is 7.16. The third-order valence-electron chi connectivity index (χ3n) is 12.5. The number of ether oxygens (including phenoxy) is 4. The quantitative estimate of drug-likeness (QED) is 0.218. The van der Waals surface area contributed by atoms with E-state index in [9.17, 15) is 20.0 Å². The van der Waals surface area contributed by atoms with Crippen molar-refractivity contribution >= 4 is 5.97 Å². The second-order valence-corrected chi connectivity index (χ2v) is 15.7. The number of hydrogen-bond donors (Lipinski definition) is 1. The van der Waals surface area contributed by atoms with Crippen molar-refractivity contribution in [3.8, 4) is 23.1 Å². The van der Waals surface area contributed by atoms with E-state index in [1.807, 2.05) is 6.92 Å². The highest BCUT2D eigenvalue weighted by molar-refractivity contribution is 5.89. The van der Waals surface area contributed by atoms with Crippen LogP contribution in [-0.4, -0.2) is 40.5 Å². The number of pyridine rings is 1. The van der Waals surface area contributed by atoms with E-state index in [0.717, 1.165) is 11.1 Å². The van der Waals surface area contributed by atoms with Gasteiger partial charge in [0.25, 0.3) is 0 Å². The first-order valence-electron chi connectivity index (χ1n) is 17.9. The van der Waals surface area contributed by atoms with Crippen molar-refractivity contribution in [1.82, 2.24) is 4.98 Å². The number of aryl methyl sites for hydroxylation is 2. The molecule has 2 aliphatic heterocycles. The van der Waals surface area contributed by atoms with Crippen LogP contribution in [0.15, 0.2) is 82.3 Å². The number of aliphatic hydroxyl groups is 1. The average molecular weight is 703 g/mol. The second-order valence-electron chi connectivity index (χ2n) is 15.7. The molecular formula is C42H42N2O8. The van der Waals surface area contributed by atoms with Gasteiger partial charge in [-0.15, -0.1) is 0 Å². The smallest absolute Gasteiger partial charge is 0.345 e. The molecule has 1 N–H and O–H groups in total. The Hall–Kier alpha value is -4.82. The molecule has 2 aliphatic carbocycles. The Labute approximate surface area is 302 Å². The summed E-state index contributed by atoms with van der Waals surface area (Å²) in [6.45, 7) is 10.7. The van der Waals surface area contributed by atoms with Gasteiger partial charge >= 0.3 is 11.6 Å². The van der Waals surface area contributed by atoms with Crippen molar-refractivity contribution in [2.24, 2.45) is 22.7 Å². The van der Waals surface area contributed by atoms with Gasteiger partial charge in [0.15, 0.2) is 6.29 Å². The van der Waals surface area contributed by atoms with Gasteiger partial charge in [0.2, 0.25) is 0 Å². The lowest BCUT2D eigenvalue weighted by molar-refractivity contribution is -0.330. The molecule has 0 spiro atoms. The molecule has 4 heterocycles. The summed E-state index contributed by atoms with van der Waals surface area (Å²) < 4.78 is 32.4. The van der Waals surface area contributed by atoms with Crippen molar-refractivity contribution < 1.29 is 33.3 Å². The van der Waals surface area contributed by atoms with Crippen LogP contribution in [-0.2, 0) is 14.2 Å².